The second-order valence-electron chi connectivity index (χ2n) is 5.50. The van der Waals surface area contributed by atoms with E-state index in [0.717, 1.165) is 21.3 Å². The van der Waals surface area contributed by atoms with Gasteiger partial charge in [-0.25, -0.2) is 0 Å². The number of aldehydes is 1. The molecule has 0 saturated heterocycles. The van der Waals surface area contributed by atoms with Crippen LogP contribution in [-0.2, 0) is 6.54 Å². The first-order valence-corrected chi connectivity index (χ1v) is 7.58. The van der Waals surface area contributed by atoms with Gasteiger partial charge in [-0.3, -0.25) is 4.79 Å². The third-order valence-electron chi connectivity index (χ3n) is 4.00. The Morgan fingerprint density at radius 2 is 1.75 bits per heavy atom. The van der Waals surface area contributed by atoms with Crippen molar-refractivity contribution >= 4 is 17.2 Å². The van der Waals surface area contributed by atoms with Crippen LogP contribution in [0.2, 0.25) is 0 Å². The van der Waals surface area contributed by atoms with Gasteiger partial charge in [-0.1, -0.05) is 47.3 Å². The minimum atomic E-state index is 0.199. The minimum Gasteiger partial charge on any atom is -0.595 e. The lowest BCUT2D eigenvalue weighted by molar-refractivity contribution is -0.680. The van der Waals surface area contributed by atoms with Crippen molar-refractivity contribution in [3.8, 4) is 11.5 Å². The van der Waals surface area contributed by atoms with E-state index in [1.54, 1.807) is 16.8 Å². The fourth-order valence-corrected chi connectivity index (χ4v) is 2.90. The van der Waals surface area contributed by atoms with Crippen molar-refractivity contribution in [3.05, 3.63) is 83.3 Å². The van der Waals surface area contributed by atoms with Crippen LogP contribution in [0.15, 0.2) is 71.1 Å². The molecule has 0 fully saturated rings. The van der Waals surface area contributed by atoms with Gasteiger partial charge in [0.2, 0.25) is 5.76 Å². The number of benzene rings is 2. The molecule has 0 bridgehead atoms. The van der Waals surface area contributed by atoms with Crippen LogP contribution in [0.25, 0.3) is 22.4 Å². The zero-order valence-corrected chi connectivity index (χ0v) is 12.8. The predicted octanol–water partition coefficient (Wildman–Crippen LogP) is 3.40. The summed E-state index contributed by atoms with van der Waals surface area (Å²) in [7, 11) is 0. The molecule has 24 heavy (non-hydrogen) atoms. The average Bonchev–Trinajstić information content (AvgIpc) is 3.19. The Bertz CT molecular complexity index is 1020. The Hall–Kier alpha value is -3.34. The Morgan fingerprint density at radius 1 is 1.00 bits per heavy atom. The summed E-state index contributed by atoms with van der Waals surface area (Å²) in [4.78, 5) is 11.7. The van der Waals surface area contributed by atoms with E-state index in [1.165, 1.54) is 0 Å². The third-order valence-corrected chi connectivity index (χ3v) is 4.00. The molecule has 4 aromatic rings. The standard InChI is InChI=1S/C19H14N2O3/c22-13-15-10-11-18(24-15)19-16-8-4-5-9-17(16)20(21(19)23)12-14-6-2-1-3-7-14/h1-11,13H,12H2. The number of aromatic nitrogens is 2. The number of hydrogen-bond donors (Lipinski definition) is 0. The van der Waals surface area contributed by atoms with Crippen LogP contribution >= 0.6 is 0 Å². The molecule has 0 aliphatic rings. The van der Waals surface area contributed by atoms with Crippen LogP contribution in [0.1, 0.15) is 16.1 Å². The molecule has 5 nitrogen and oxygen atoms in total. The van der Waals surface area contributed by atoms with Gasteiger partial charge in [0.25, 0.3) is 5.69 Å². The molecule has 0 radical (unpaired) electrons. The van der Waals surface area contributed by atoms with Crippen molar-refractivity contribution in [3.63, 3.8) is 0 Å². The monoisotopic (exact) mass is 318 g/mol. The Labute approximate surface area is 137 Å². The highest BCUT2D eigenvalue weighted by atomic mass is 16.5. The van der Waals surface area contributed by atoms with Gasteiger partial charge in [-0.2, -0.15) is 0 Å². The largest absolute Gasteiger partial charge is 0.595 e. The summed E-state index contributed by atoms with van der Waals surface area (Å²) in [6, 6.07) is 20.5. The summed E-state index contributed by atoms with van der Waals surface area (Å²) >= 11 is 0. The van der Waals surface area contributed by atoms with E-state index in [-0.39, 0.29) is 5.76 Å². The number of carbonyl (C=O) groups is 1. The molecule has 0 atom stereocenters. The SMILES string of the molecule is O=Cc1ccc(-c2c3ccccc3n(Cc3ccccc3)[n+]2[O-])o1. The summed E-state index contributed by atoms with van der Waals surface area (Å²) in [5.74, 6) is 0.583. The first-order chi connectivity index (χ1) is 11.8. The van der Waals surface area contributed by atoms with Crippen LogP contribution in [-0.4, -0.2) is 11.0 Å². The second kappa shape index (κ2) is 5.70. The van der Waals surface area contributed by atoms with Crippen molar-refractivity contribution in [2.45, 2.75) is 6.54 Å². The van der Waals surface area contributed by atoms with Gasteiger partial charge in [-0.15, -0.1) is 4.68 Å². The van der Waals surface area contributed by atoms with Gasteiger partial charge in [0, 0.05) is 0 Å². The van der Waals surface area contributed by atoms with Gasteiger partial charge < -0.3 is 9.62 Å². The highest BCUT2D eigenvalue weighted by Gasteiger charge is 2.25. The summed E-state index contributed by atoms with van der Waals surface area (Å²) in [6.07, 6.45) is 0.627. The van der Waals surface area contributed by atoms with Gasteiger partial charge in [-0.05, 0) is 29.8 Å². The predicted molar refractivity (Wildman–Crippen MR) is 89.5 cm³/mol. The summed E-state index contributed by atoms with van der Waals surface area (Å²) < 4.78 is 7.12. The Kier molecular flexibility index (Phi) is 3.39. The molecule has 0 spiro atoms. The van der Waals surface area contributed by atoms with Crippen LogP contribution in [0.3, 0.4) is 0 Å². The lowest BCUT2D eigenvalue weighted by Crippen LogP contribution is -2.39. The van der Waals surface area contributed by atoms with Gasteiger partial charge >= 0.3 is 0 Å². The molecular formula is C19H14N2O3. The van der Waals surface area contributed by atoms with Gasteiger partial charge in [0.05, 0.1) is 5.39 Å². The maximum atomic E-state index is 12.9. The number of nitrogens with zero attached hydrogens (tertiary/aromatic N) is 2. The van der Waals surface area contributed by atoms with E-state index in [0.29, 0.717) is 24.3 Å². The second-order valence-corrected chi connectivity index (χ2v) is 5.50. The van der Waals surface area contributed by atoms with E-state index in [4.69, 9.17) is 4.42 Å². The van der Waals surface area contributed by atoms with Crippen LogP contribution < -0.4 is 4.85 Å². The normalized spacial score (nSPS) is 11.0. The molecular weight excluding hydrogens is 304 g/mol. The quantitative estimate of drug-likeness (QED) is 0.329. The Balaban J connectivity index is 1.92. The number of para-hydroxylation sites is 1. The fraction of sp³-hybridized carbons (Fsp3) is 0.0526. The van der Waals surface area contributed by atoms with Crippen molar-refractivity contribution in [2.75, 3.05) is 0 Å². The Morgan fingerprint density at radius 3 is 2.50 bits per heavy atom. The van der Waals surface area contributed by atoms with Crippen LogP contribution in [0.4, 0.5) is 0 Å². The van der Waals surface area contributed by atoms with Crippen molar-refractivity contribution in [2.24, 2.45) is 0 Å². The minimum absolute atomic E-state index is 0.199. The maximum absolute atomic E-state index is 12.9. The van der Waals surface area contributed by atoms with Crippen molar-refractivity contribution in [1.82, 2.24) is 4.68 Å². The topological polar surface area (TPSA) is 62.1 Å². The molecule has 0 amide bonds. The molecule has 2 heterocycles. The smallest absolute Gasteiger partial charge is 0.294 e. The van der Waals surface area contributed by atoms with Crippen molar-refractivity contribution in [1.29, 1.82) is 0 Å². The number of hydrogen-bond acceptors (Lipinski definition) is 3. The molecule has 2 aromatic heterocycles. The lowest BCUT2D eigenvalue weighted by atomic mass is 10.2. The van der Waals surface area contributed by atoms with Crippen LogP contribution in [0, 0.1) is 5.21 Å². The molecule has 2 aromatic carbocycles. The molecule has 118 valence electrons. The number of fused-ring (bicyclic) bond motifs is 1. The van der Waals surface area contributed by atoms with Crippen LogP contribution in [0.5, 0.6) is 0 Å². The molecule has 4 rings (SSSR count). The zero-order chi connectivity index (χ0) is 16.5. The van der Waals surface area contributed by atoms with E-state index >= 15 is 0 Å². The molecule has 0 aliphatic carbocycles. The highest BCUT2D eigenvalue weighted by Crippen LogP contribution is 2.28. The molecule has 0 saturated carbocycles. The zero-order valence-electron chi connectivity index (χ0n) is 12.8. The van der Waals surface area contributed by atoms with E-state index in [2.05, 4.69) is 0 Å². The lowest BCUT2D eigenvalue weighted by Gasteiger charge is -2.05. The fourth-order valence-electron chi connectivity index (χ4n) is 2.90. The van der Waals surface area contributed by atoms with E-state index in [1.807, 2.05) is 54.6 Å². The molecule has 5 heteroatoms. The first kappa shape index (κ1) is 14.3. The number of rotatable bonds is 4. The van der Waals surface area contributed by atoms with Gasteiger partial charge in [0.1, 0.15) is 12.1 Å². The van der Waals surface area contributed by atoms with E-state index < -0.39 is 0 Å². The summed E-state index contributed by atoms with van der Waals surface area (Å²) in [5.41, 5.74) is 2.26. The van der Waals surface area contributed by atoms with Gasteiger partial charge in [0.15, 0.2) is 12.0 Å². The molecule has 0 aliphatic heterocycles. The summed E-state index contributed by atoms with van der Waals surface area (Å²) in [6.45, 7) is 0.450. The number of furan rings is 1. The third kappa shape index (κ3) is 2.27. The summed E-state index contributed by atoms with van der Waals surface area (Å²) in [5, 5.41) is 13.7. The maximum Gasteiger partial charge on any atom is 0.294 e. The number of carbonyl (C=O) groups excluding carboxylic acids is 1. The average molecular weight is 318 g/mol. The van der Waals surface area contributed by atoms with E-state index in [9.17, 15) is 10.0 Å². The first-order valence-electron chi connectivity index (χ1n) is 7.58. The molecule has 0 N–H and O–H groups in total. The van der Waals surface area contributed by atoms with Crippen molar-refractivity contribution < 1.29 is 14.1 Å². The molecule has 0 unspecified atom stereocenters. The highest BCUT2D eigenvalue weighted by molar-refractivity contribution is 5.90.